The third kappa shape index (κ3) is 2.04. The van der Waals surface area contributed by atoms with Crippen molar-refractivity contribution in [1.82, 2.24) is 0 Å². The quantitative estimate of drug-likeness (QED) is 0.859. The SMILES string of the molecule is C[C@H]1CCc2c(O)c(Br)cc(F)c2N1C(=O)C1CC1. The number of phenolic OH excluding ortho intramolecular Hbond substituents is 1. The van der Waals surface area contributed by atoms with Crippen LogP contribution in [0.3, 0.4) is 0 Å². The first kappa shape index (κ1) is 12.9. The lowest BCUT2D eigenvalue weighted by molar-refractivity contribution is -0.120. The first-order chi connectivity index (χ1) is 9.00. The van der Waals surface area contributed by atoms with E-state index in [1.54, 1.807) is 4.90 Å². The molecule has 1 saturated carbocycles. The van der Waals surface area contributed by atoms with Gasteiger partial charge in [-0.3, -0.25) is 4.79 Å². The maximum atomic E-state index is 14.2. The molecule has 0 aromatic heterocycles. The van der Waals surface area contributed by atoms with E-state index < -0.39 is 5.82 Å². The number of rotatable bonds is 1. The van der Waals surface area contributed by atoms with Gasteiger partial charge in [0.25, 0.3) is 0 Å². The molecule has 1 atom stereocenters. The minimum atomic E-state index is -0.444. The fourth-order valence-corrected chi connectivity index (χ4v) is 3.14. The number of phenols is 1. The van der Waals surface area contributed by atoms with Crippen molar-refractivity contribution in [3.63, 3.8) is 0 Å². The van der Waals surface area contributed by atoms with Crippen LogP contribution in [-0.4, -0.2) is 17.1 Å². The van der Waals surface area contributed by atoms with Gasteiger partial charge in [0.2, 0.25) is 5.91 Å². The Kier molecular flexibility index (Phi) is 3.04. The fourth-order valence-electron chi connectivity index (χ4n) is 2.70. The van der Waals surface area contributed by atoms with Crippen molar-refractivity contribution < 1.29 is 14.3 Å². The van der Waals surface area contributed by atoms with E-state index in [1.807, 2.05) is 6.92 Å². The Hall–Kier alpha value is -1.10. The number of nitrogens with zero attached hydrogens (tertiary/aromatic N) is 1. The van der Waals surface area contributed by atoms with Crippen LogP contribution < -0.4 is 4.90 Å². The fraction of sp³-hybridized carbons (Fsp3) is 0.500. The molecule has 1 amide bonds. The van der Waals surface area contributed by atoms with Gasteiger partial charge in [0.1, 0.15) is 11.6 Å². The van der Waals surface area contributed by atoms with Crippen molar-refractivity contribution in [3.8, 4) is 5.75 Å². The normalized spacial score (nSPS) is 22.3. The Labute approximate surface area is 119 Å². The second-order valence-electron chi connectivity index (χ2n) is 5.39. The summed E-state index contributed by atoms with van der Waals surface area (Å²) in [6, 6.07) is 1.22. The topological polar surface area (TPSA) is 40.5 Å². The van der Waals surface area contributed by atoms with Crippen LogP contribution in [0.25, 0.3) is 0 Å². The molecule has 0 unspecified atom stereocenters. The Morgan fingerprint density at radius 1 is 1.47 bits per heavy atom. The number of fused-ring (bicyclic) bond motifs is 1. The van der Waals surface area contributed by atoms with Gasteiger partial charge in [-0.05, 0) is 54.6 Å². The maximum absolute atomic E-state index is 14.2. The number of hydrogen-bond acceptors (Lipinski definition) is 2. The van der Waals surface area contributed by atoms with E-state index in [1.165, 1.54) is 6.07 Å². The largest absolute Gasteiger partial charge is 0.506 e. The molecule has 1 aromatic rings. The lowest BCUT2D eigenvalue weighted by atomic mass is 9.95. The van der Waals surface area contributed by atoms with Crippen LogP contribution in [0.15, 0.2) is 10.5 Å². The molecule has 1 aromatic carbocycles. The lowest BCUT2D eigenvalue weighted by Gasteiger charge is -2.36. The first-order valence-electron chi connectivity index (χ1n) is 6.53. The third-order valence-electron chi connectivity index (χ3n) is 3.94. The molecule has 1 heterocycles. The highest BCUT2D eigenvalue weighted by Crippen LogP contribution is 2.44. The number of anilines is 1. The van der Waals surface area contributed by atoms with E-state index in [0.29, 0.717) is 16.5 Å². The second kappa shape index (κ2) is 4.47. The summed E-state index contributed by atoms with van der Waals surface area (Å²) in [6.07, 6.45) is 3.12. The number of carbonyl (C=O) groups is 1. The zero-order chi connectivity index (χ0) is 13.7. The second-order valence-corrected chi connectivity index (χ2v) is 6.24. The summed E-state index contributed by atoms with van der Waals surface area (Å²) in [5, 5.41) is 10.1. The Morgan fingerprint density at radius 3 is 2.79 bits per heavy atom. The number of carbonyl (C=O) groups excluding carboxylic acids is 1. The smallest absolute Gasteiger partial charge is 0.230 e. The van der Waals surface area contributed by atoms with Crippen LogP contribution in [0.1, 0.15) is 31.7 Å². The molecule has 0 spiro atoms. The summed E-state index contributed by atoms with van der Waals surface area (Å²) in [7, 11) is 0. The van der Waals surface area contributed by atoms with Crippen molar-refractivity contribution >= 4 is 27.5 Å². The molecule has 19 heavy (non-hydrogen) atoms. The summed E-state index contributed by atoms with van der Waals surface area (Å²) >= 11 is 3.15. The summed E-state index contributed by atoms with van der Waals surface area (Å²) < 4.78 is 14.6. The summed E-state index contributed by atoms with van der Waals surface area (Å²) in [5.41, 5.74) is 0.815. The number of aromatic hydroxyl groups is 1. The van der Waals surface area contributed by atoms with Crippen LogP contribution in [0.4, 0.5) is 10.1 Å². The van der Waals surface area contributed by atoms with Crippen molar-refractivity contribution in [1.29, 1.82) is 0 Å². The van der Waals surface area contributed by atoms with Gasteiger partial charge in [-0.1, -0.05) is 0 Å². The lowest BCUT2D eigenvalue weighted by Crippen LogP contribution is -2.43. The van der Waals surface area contributed by atoms with Gasteiger partial charge in [0.15, 0.2) is 0 Å². The van der Waals surface area contributed by atoms with Crippen LogP contribution in [0.5, 0.6) is 5.75 Å². The van der Waals surface area contributed by atoms with E-state index in [9.17, 15) is 14.3 Å². The Balaban J connectivity index is 2.13. The summed E-state index contributed by atoms with van der Waals surface area (Å²) in [5.74, 6) is -0.357. The number of benzene rings is 1. The number of halogens is 2. The number of amides is 1. The molecule has 0 bridgehead atoms. The van der Waals surface area contributed by atoms with Crippen LogP contribution >= 0.6 is 15.9 Å². The van der Waals surface area contributed by atoms with E-state index in [0.717, 1.165) is 19.3 Å². The van der Waals surface area contributed by atoms with Crippen molar-refractivity contribution in [2.45, 2.75) is 38.6 Å². The van der Waals surface area contributed by atoms with Gasteiger partial charge in [-0.2, -0.15) is 0 Å². The zero-order valence-electron chi connectivity index (χ0n) is 10.6. The highest BCUT2D eigenvalue weighted by Gasteiger charge is 2.40. The van der Waals surface area contributed by atoms with Crippen molar-refractivity contribution in [2.75, 3.05) is 4.90 Å². The molecule has 1 aliphatic heterocycles. The molecule has 1 fully saturated rings. The maximum Gasteiger partial charge on any atom is 0.230 e. The average molecular weight is 328 g/mol. The third-order valence-corrected chi connectivity index (χ3v) is 4.54. The molecular formula is C14H15BrFNO2. The minimum absolute atomic E-state index is 0.00549. The van der Waals surface area contributed by atoms with Gasteiger partial charge in [0, 0.05) is 17.5 Å². The highest BCUT2D eigenvalue weighted by atomic mass is 79.9. The molecule has 1 N–H and O–H groups in total. The zero-order valence-corrected chi connectivity index (χ0v) is 12.2. The molecule has 3 rings (SSSR count). The standard InChI is InChI=1S/C14H15BrFNO2/c1-7-2-5-9-12(11(16)6-10(15)13(9)18)17(7)14(19)8-3-4-8/h6-8,18H,2-5H2,1H3/t7-/m0/s1. The van der Waals surface area contributed by atoms with Gasteiger partial charge in [-0.15, -0.1) is 0 Å². The molecule has 1 aliphatic carbocycles. The van der Waals surface area contributed by atoms with Gasteiger partial charge < -0.3 is 10.0 Å². The van der Waals surface area contributed by atoms with Gasteiger partial charge in [0.05, 0.1) is 10.2 Å². The highest BCUT2D eigenvalue weighted by molar-refractivity contribution is 9.10. The molecule has 5 heteroatoms. The van der Waals surface area contributed by atoms with Crippen LogP contribution in [-0.2, 0) is 11.2 Å². The average Bonchev–Trinajstić information content (AvgIpc) is 3.19. The first-order valence-corrected chi connectivity index (χ1v) is 7.33. The number of hydrogen-bond donors (Lipinski definition) is 1. The summed E-state index contributed by atoms with van der Waals surface area (Å²) in [4.78, 5) is 13.9. The monoisotopic (exact) mass is 327 g/mol. The predicted molar refractivity (Wildman–Crippen MR) is 73.8 cm³/mol. The van der Waals surface area contributed by atoms with E-state index in [-0.39, 0.29) is 29.3 Å². The van der Waals surface area contributed by atoms with E-state index in [4.69, 9.17) is 0 Å². The van der Waals surface area contributed by atoms with Gasteiger partial charge in [-0.25, -0.2) is 4.39 Å². The van der Waals surface area contributed by atoms with Crippen molar-refractivity contribution in [2.24, 2.45) is 5.92 Å². The van der Waals surface area contributed by atoms with Crippen LogP contribution in [0, 0.1) is 11.7 Å². The van der Waals surface area contributed by atoms with E-state index in [2.05, 4.69) is 15.9 Å². The molecule has 3 nitrogen and oxygen atoms in total. The predicted octanol–water partition coefficient (Wildman–Crippen LogP) is 3.37. The van der Waals surface area contributed by atoms with Gasteiger partial charge >= 0.3 is 0 Å². The summed E-state index contributed by atoms with van der Waals surface area (Å²) in [6.45, 7) is 1.93. The Bertz CT molecular complexity index is 557. The molecule has 102 valence electrons. The Morgan fingerprint density at radius 2 is 2.16 bits per heavy atom. The minimum Gasteiger partial charge on any atom is -0.506 e. The van der Waals surface area contributed by atoms with E-state index >= 15 is 0 Å². The van der Waals surface area contributed by atoms with Crippen LogP contribution in [0.2, 0.25) is 0 Å². The molecular weight excluding hydrogens is 313 g/mol. The van der Waals surface area contributed by atoms with Crippen molar-refractivity contribution in [3.05, 3.63) is 21.9 Å². The molecule has 0 saturated heterocycles. The molecule has 0 radical (unpaired) electrons. The molecule has 2 aliphatic rings.